The number of ether oxygens (including phenoxy) is 2. The van der Waals surface area contributed by atoms with Crippen molar-refractivity contribution in [2.24, 2.45) is 0 Å². The Hall–Kier alpha value is -3.56. The van der Waals surface area contributed by atoms with E-state index in [1.54, 1.807) is 18.2 Å². The summed E-state index contributed by atoms with van der Waals surface area (Å²) in [5, 5.41) is 9.06. The molecule has 29 heavy (non-hydrogen) atoms. The monoisotopic (exact) mass is 406 g/mol. The van der Waals surface area contributed by atoms with Gasteiger partial charge in [0.25, 0.3) is 0 Å². The van der Waals surface area contributed by atoms with Crippen molar-refractivity contribution in [2.75, 3.05) is 19.5 Å². The minimum absolute atomic E-state index is 0.00477. The number of aromatic amines is 1. The molecule has 0 bridgehead atoms. The topological polar surface area (TPSA) is 89.1 Å². The fourth-order valence-electron chi connectivity index (χ4n) is 2.64. The molecule has 2 N–H and O–H groups in total. The van der Waals surface area contributed by atoms with Crippen molar-refractivity contribution in [3.05, 3.63) is 53.6 Å². The lowest BCUT2D eigenvalue weighted by atomic mass is 10.1. The number of hydrogen-bond donors (Lipinski definition) is 2. The van der Waals surface area contributed by atoms with Gasteiger partial charge in [-0.2, -0.15) is 18.2 Å². The second kappa shape index (κ2) is 8.21. The molecule has 152 valence electrons. The van der Waals surface area contributed by atoms with E-state index >= 15 is 0 Å². The predicted octanol–water partition coefficient (Wildman–Crippen LogP) is 3.69. The summed E-state index contributed by atoms with van der Waals surface area (Å²) >= 11 is 0. The number of hydrogen-bond acceptors (Lipinski definition) is 5. The number of halogens is 3. The average molecular weight is 406 g/mol. The summed E-state index contributed by atoms with van der Waals surface area (Å²) < 4.78 is 48.8. The van der Waals surface area contributed by atoms with E-state index in [9.17, 15) is 18.0 Å². The molecule has 0 unspecified atom stereocenters. The highest BCUT2D eigenvalue weighted by Gasteiger charge is 2.30. The molecule has 1 amide bonds. The summed E-state index contributed by atoms with van der Waals surface area (Å²) in [4.78, 5) is 16.4. The second-order valence-electron chi connectivity index (χ2n) is 6.00. The van der Waals surface area contributed by atoms with Gasteiger partial charge in [-0.3, -0.25) is 15.2 Å². The van der Waals surface area contributed by atoms with E-state index in [-0.39, 0.29) is 17.9 Å². The fourth-order valence-corrected chi connectivity index (χ4v) is 2.64. The number of benzene rings is 2. The Kier molecular flexibility index (Phi) is 5.71. The van der Waals surface area contributed by atoms with Crippen LogP contribution in [0.1, 0.15) is 11.1 Å². The van der Waals surface area contributed by atoms with Crippen LogP contribution in [0.3, 0.4) is 0 Å². The maximum Gasteiger partial charge on any atom is 0.416 e. The van der Waals surface area contributed by atoms with Crippen LogP contribution in [-0.2, 0) is 17.4 Å². The van der Waals surface area contributed by atoms with Gasteiger partial charge in [-0.25, -0.2) is 0 Å². The first-order chi connectivity index (χ1) is 13.8. The van der Waals surface area contributed by atoms with Gasteiger partial charge >= 0.3 is 6.18 Å². The van der Waals surface area contributed by atoms with Gasteiger partial charge in [0.2, 0.25) is 11.9 Å². The van der Waals surface area contributed by atoms with Gasteiger partial charge in [0.05, 0.1) is 31.8 Å². The van der Waals surface area contributed by atoms with Crippen LogP contribution in [0.2, 0.25) is 0 Å². The van der Waals surface area contributed by atoms with E-state index < -0.39 is 17.6 Å². The quantitative estimate of drug-likeness (QED) is 0.652. The lowest BCUT2D eigenvalue weighted by molar-refractivity contribution is -0.137. The van der Waals surface area contributed by atoms with E-state index in [1.165, 1.54) is 26.4 Å². The molecule has 0 radical (unpaired) electrons. The standard InChI is InChI=1S/C19H17F3N4O3/c1-28-13-6-7-14(15(10-13)29-2)17-24-18(26-25-17)23-16(27)9-11-4-3-5-12(8-11)19(20,21)22/h3-8,10H,9H2,1-2H3,(H2,23,24,25,26,27). The molecule has 1 heterocycles. The van der Waals surface area contributed by atoms with Gasteiger partial charge in [-0.15, -0.1) is 5.10 Å². The molecule has 3 aromatic rings. The van der Waals surface area contributed by atoms with E-state index in [0.717, 1.165) is 12.1 Å². The van der Waals surface area contributed by atoms with Crippen molar-refractivity contribution in [1.82, 2.24) is 15.2 Å². The zero-order valence-corrected chi connectivity index (χ0v) is 15.5. The highest BCUT2D eigenvalue weighted by molar-refractivity contribution is 5.90. The summed E-state index contributed by atoms with van der Waals surface area (Å²) in [6, 6.07) is 9.69. The van der Waals surface area contributed by atoms with Crippen molar-refractivity contribution < 1.29 is 27.4 Å². The molecule has 0 aliphatic rings. The molecular weight excluding hydrogens is 389 g/mol. The van der Waals surface area contributed by atoms with Crippen molar-refractivity contribution in [3.63, 3.8) is 0 Å². The summed E-state index contributed by atoms with van der Waals surface area (Å²) in [6.07, 6.45) is -4.72. The molecule has 0 aliphatic heterocycles. The fraction of sp³-hybridized carbons (Fsp3) is 0.211. The summed E-state index contributed by atoms with van der Waals surface area (Å²) in [5.41, 5.74) is 0.0127. The maximum atomic E-state index is 12.8. The summed E-state index contributed by atoms with van der Waals surface area (Å²) in [6.45, 7) is 0. The minimum atomic E-state index is -4.47. The molecule has 0 fully saturated rings. The largest absolute Gasteiger partial charge is 0.497 e. The van der Waals surface area contributed by atoms with Gasteiger partial charge in [0.1, 0.15) is 11.5 Å². The predicted molar refractivity (Wildman–Crippen MR) is 98.7 cm³/mol. The van der Waals surface area contributed by atoms with Gasteiger partial charge in [-0.1, -0.05) is 18.2 Å². The molecule has 2 aromatic carbocycles. The number of amides is 1. The maximum absolute atomic E-state index is 12.8. The molecule has 10 heteroatoms. The summed E-state index contributed by atoms with van der Waals surface area (Å²) in [7, 11) is 3.02. The molecule has 0 saturated carbocycles. The SMILES string of the molecule is COc1ccc(-c2nc(NC(=O)Cc3cccc(C(F)(F)F)c3)n[nH]2)c(OC)c1. The number of carbonyl (C=O) groups excluding carboxylic acids is 1. The van der Waals surface area contributed by atoms with Crippen LogP contribution in [-0.4, -0.2) is 35.3 Å². The number of H-pyrrole nitrogens is 1. The number of rotatable bonds is 6. The van der Waals surface area contributed by atoms with E-state index in [4.69, 9.17) is 9.47 Å². The number of methoxy groups -OCH3 is 2. The van der Waals surface area contributed by atoms with Gasteiger partial charge in [-0.05, 0) is 23.8 Å². The lowest BCUT2D eigenvalue weighted by Crippen LogP contribution is -2.16. The third kappa shape index (κ3) is 4.84. The Balaban J connectivity index is 1.71. The second-order valence-corrected chi connectivity index (χ2v) is 6.00. The van der Waals surface area contributed by atoms with Crippen LogP contribution in [0.25, 0.3) is 11.4 Å². The van der Waals surface area contributed by atoms with Crippen molar-refractivity contribution in [1.29, 1.82) is 0 Å². The van der Waals surface area contributed by atoms with Crippen molar-refractivity contribution >= 4 is 11.9 Å². The third-order valence-corrected chi connectivity index (χ3v) is 4.02. The van der Waals surface area contributed by atoms with Gasteiger partial charge < -0.3 is 9.47 Å². The molecule has 7 nitrogen and oxygen atoms in total. The molecule has 3 rings (SSSR count). The summed E-state index contributed by atoms with van der Waals surface area (Å²) in [5.74, 6) is 0.882. The molecule has 0 atom stereocenters. The Labute approximate surface area is 163 Å². The minimum Gasteiger partial charge on any atom is -0.497 e. The van der Waals surface area contributed by atoms with E-state index in [1.807, 2.05) is 0 Å². The zero-order chi connectivity index (χ0) is 21.0. The Morgan fingerprint density at radius 1 is 1.14 bits per heavy atom. The van der Waals surface area contributed by atoms with E-state index in [0.29, 0.717) is 22.9 Å². The van der Waals surface area contributed by atoms with Crippen molar-refractivity contribution in [3.8, 4) is 22.9 Å². The number of aromatic nitrogens is 3. The van der Waals surface area contributed by atoms with Crippen LogP contribution in [0, 0.1) is 0 Å². The number of carbonyl (C=O) groups is 1. The Morgan fingerprint density at radius 3 is 2.62 bits per heavy atom. The van der Waals surface area contributed by atoms with E-state index in [2.05, 4.69) is 20.5 Å². The number of nitrogens with one attached hydrogen (secondary N) is 2. The van der Waals surface area contributed by atoms with Crippen LogP contribution < -0.4 is 14.8 Å². The van der Waals surface area contributed by atoms with Crippen LogP contribution in [0.4, 0.5) is 19.1 Å². The first-order valence-corrected chi connectivity index (χ1v) is 8.41. The first kappa shape index (κ1) is 20.2. The molecule has 0 spiro atoms. The normalized spacial score (nSPS) is 11.2. The van der Waals surface area contributed by atoms with Crippen LogP contribution in [0.5, 0.6) is 11.5 Å². The lowest BCUT2D eigenvalue weighted by Gasteiger charge is -2.08. The number of alkyl halides is 3. The molecule has 1 aromatic heterocycles. The number of nitrogens with zero attached hydrogens (tertiary/aromatic N) is 2. The highest BCUT2D eigenvalue weighted by atomic mass is 19.4. The van der Waals surface area contributed by atoms with Crippen LogP contribution in [0.15, 0.2) is 42.5 Å². The average Bonchev–Trinajstić information content (AvgIpc) is 3.15. The highest BCUT2D eigenvalue weighted by Crippen LogP contribution is 2.32. The zero-order valence-electron chi connectivity index (χ0n) is 15.5. The van der Waals surface area contributed by atoms with Gasteiger partial charge in [0.15, 0.2) is 5.82 Å². The van der Waals surface area contributed by atoms with Crippen molar-refractivity contribution in [2.45, 2.75) is 12.6 Å². The van der Waals surface area contributed by atoms with Crippen LogP contribution >= 0.6 is 0 Å². The third-order valence-electron chi connectivity index (χ3n) is 4.02. The smallest absolute Gasteiger partial charge is 0.416 e. The molecule has 0 saturated heterocycles. The number of anilines is 1. The molecule has 0 aliphatic carbocycles. The first-order valence-electron chi connectivity index (χ1n) is 8.41. The Bertz CT molecular complexity index is 1020. The van der Waals surface area contributed by atoms with Gasteiger partial charge in [0, 0.05) is 6.07 Å². The molecular formula is C19H17F3N4O3. The Morgan fingerprint density at radius 2 is 1.93 bits per heavy atom.